The number of fused-ring (bicyclic) bond motifs is 3. The number of phenolic OH excluding ortho intramolecular Hbond substituents is 1. The molecule has 5 N–H and O–H groups in total. The predicted octanol–water partition coefficient (Wildman–Crippen LogP) is 1.99. The summed E-state index contributed by atoms with van der Waals surface area (Å²) in [5, 5.41) is 45.9. The molecule has 9 nitrogen and oxygen atoms in total. The predicted molar refractivity (Wildman–Crippen MR) is 120 cm³/mol. The van der Waals surface area contributed by atoms with Gasteiger partial charge in [-0.15, -0.1) is 0 Å². The van der Waals surface area contributed by atoms with Gasteiger partial charge in [-0.05, 0) is 39.3 Å². The Kier molecular flexibility index (Phi) is 5.77. The SMILES string of the molecule is CCN(C)CC(=O)Nc1cc(F)c2c(c1O)C(O)=C1C(=O)[C@]3(O)C(O)=C(C)C(=O)C[C@@H]3CC1C2. The topological polar surface area (TPSA) is 147 Å². The van der Waals surface area contributed by atoms with Gasteiger partial charge in [-0.2, -0.15) is 0 Å². The van der Waals surface area contributed by atoms with E-state index in [0.717, 1.165) is 6.07 Å². The average molecular weight is 474 g/mol. The molecule has 0 aromatic heterocycles. The number of anilines is 1. The molecule has 1 aromatic rings. The fourth-order valence-electron chi connectivity index (χ4n) is 5.18. The maximum absolute atomic E-state index is 15.1. The highest BCUT2D eigenvalue weighted by molar-refractivity contribution is 6.13. The fourth-order valence-corrected chi connectivity index (χ4v) is 5.18. The second kappa shape index (κ2) is 8.21. The van der Waals surface area contributed by atoms with E-state index in [-0.39, 0.29) is 53.8 Å². The van der Waals surface area contributed by atoms with Crippen molar-refractivity contribution in [3.05, 3.63) is 39.9 Å². The van der Waals surface area contributed by atoms with Gasteiger partial charge in [-0.1, -0.05) is 6.92 Å². The summed E-state index contributed by atoms with van der Waals surface area (Å²) in [4.78, 5) is 39.6. The molecular formula is C24H27FN2O7. The zero-order chi connectivity index (χ0) is 25.1. The number of carbonyl (C=O) groups is 3. The number of aromatic hydroxyl groups is 1. The molecule has 34 heavy (non-hydrogen) atoms. The monoisotopic (exact) mass is 474 g/mol. The third-order valence-corrected chi connectivity index (χ3v) is 7.25. The number of benzene rings is 1. The molecule has 1 saturated carbocycles. The number of halogens is 1. The normalized spacial score (nSPS) is 26.4. The molecule has 182 valence electrons. The molecule has 1 amide bonds. The summed E-state index contributed by atoms with van der Waals surface area (Å²) in [7, 11) is 1.71. The van der Waals surface area contributed by atoms with Crippen molar-refractivity contribution in [3.8, 4) is 5.75 Å². The molecule has 0 radical (unpaired) electrons. The van der Waals surface area contributed by atoms with E-state index < -0.39 is 58.0 Å². The van der Waals surface area contributed by atoms with Crippen LogP contribution >= 0.6 is 0 Å². The van der Waals surface area contributed by atoms with E-state index in [4.69, 9.17) is 0 Å². The highest BCUT2D eigenvalue weighted by Gasteiger charge is 2.59. The van der Waals surface area contributed by atoms with Crippen LogP contribution in [0, 0.1) is 17.7 Å². The molecule has 1 fully saturated rings. The molecule has 1 unspecified atom stereocenters. The Balaban J connectivity index is 1.80. The largest absolute Gasteiger partial charge is 0.508 e. The molecule has 0 aliphatic heterocycles. The minimum Gasteiger partial charge on any atom is -0.508 e. The van der Waals surface area contributed by atoms with E-state index in [1.54, 1.807) is 11.9 Å². The number of nitrogens with zero attached hydrogens (tertiary/aromatic N) is 1. The van der Waals surface area contributed by atoms with Crippen LogP contribution in [-0.4, -0.2) is 68.5 Å². The van der Waals surface area contributed by atoms with Gasteiger partial charge in [-0.3, -0.25) is 19.3 Å². The molecular weight excluding hydrogens is 447 g/mol. The van der Waals surface area contributed by atoms with E-state index in [1.165, 1.54) is 6.92 Å². The number of nitrogens with one attached hydrogen (secondary N) is 1. The summed E-state index contributed by atoms with van der Waals surface area (Å²) in [5.41, 5.74) is -3.41. The van der Waals surface area contributed by atoms with Gasteiger partial charge in [0.2, 0.25) is 11.7 Å². The Bertz CT molecular complexity index is 1190. The van der Waals surface area contributed by atoms with Gasteiger partial charge in [0, 0.05) is 35.1 Å². The number of aliphatic hydroxyl groups is 3. The second-order valence-electron chi connectivity index (χ2n) is 9.28. The molecule has 1 aromatic carbocycles. The molecule has 10 heteroatoms. The van der Waals surface area contributed by atoms with Crippen LogP contribution in [0.2, 0.25) is 0 Å². The quantitative estimate of drug-likeness (QED) is 0.416. The molecule has 0 spiro atoms. The molecule has 3 atom stereocenters. The molecule has 3 aliphatic rings. The van der Waals surface area contributed by atoms with Crippen molar-refractivity contribution in [3.63, 3.8) is 0 Å². The summed E-state index contributed by atoms with van der Waals surface area (Å²) >= 11 is 0. The number of carbonyl (C=O) groups excluding carboxylic acids is 3. The number of aliphatic hydroxyl groups excluding tert-OH is 2. The van der Waals surface area contributed by atoms with Crippen LogP contribution in [0.4, 0.5) is 10.1 Å². The highest BCUT2D eigenvalue weighted by atomic mass is 19.1. The first-order valence-corrected chi connectivity index (χ1v) is 11.1. The first kappa shape index (κ1) is 23.9. The van der Waals surface area contributed by atoms with Crippen molar-refractivity contribution < 1.29 is 39.2 Å². The number of likely N-dealkylation sites (N-methyl/N-ethyl adjacent to an activating group) is 1. The van der Waals surface area contributed by atoms with E-state index in [1.807, 2.05) is 6.92 Å². The molecule has 0 heterocycles. The Morgan fingerprint density at radius 1 is 1.26 bits per heavy atom. The highest BCUT2D eigenvalue weighted by Crippen LogP contribution is 2.52. The third-order valence-electron chi connectivity index (χ3n) is 7.25. The van der Waals surface area contributed by atoms with E-state index in [0.29, 0.717) is 6.54 Å². The summed E-state index contributed by atoms with van der Waals surface area (Å²) in [6, 6.07) is 0.958. The summed E-state index contributed by atoms with van der Waals surface area (Å²) in [6.45, 7) is 3.73. The second-order valence-corrected chi connectivity index (χ2v) is 9.28. The lowest BCUT2D eigenvalue weighted by atomic mass is 9.59. The van der Waals surface area contributed by atoms with Crippen molar-refractivity contribution in [2.45, 2.75) is 38.7 Å². The van der Waals surface area contributed by atoms with Crippen LogP contribution in [0.3, 0.4) is 0 Å². The molecule has 0 bridgehead atoms. The van der Waals surface area contributed by atoms with Gasteiger partial charge in [0.05, 0.1) is 17.8 Å². The van der Waals surface area contributed by atoms with Crippen LogP contribution in [0.5, 0.6) is 5.75 Å². The van der Waals surface area contributed by atoms with Gasteiger partial charge in [0.1, 0.15) is 17.3 Å². The average Bonchev–Trinajstić information content (AvgIpc) is 2.78. The van der Waals surface area contributed by atoms with Crippen molar-refractivity contribution >= 4 is 28.9 Å². The minimum absolute atomic E-state index is 0.0135. The lowest BCUT2D eigenvalue weighted by Gasteiger charge is -2.46. The van der Waals surface area contributed by atoms with Gasteiger partial charge in [-0.25, -0.2) is 4.39 Å². The zero-order valence-corrected chi connectivity index (χ0v) is 19.1. The number of hydrogen-bond acceptors (Lipinski definition) is 8. The number of hydrogen-bond donors (Lipinski definition) is 5. The lowest BCUT2D eigenvalue weighted by Crippen LogP contribution is -2.57. The number of allylic oxidation sites excluding steroid dienone is 1. The number of rotatable bonds is 4. The minimum atomic E-state index is -2.39. The van der Waals surface area contributed by atoms with E-state index in [9.17, 15) is 34.8 Å². The number of amides is 1. The first-order valence-electron chi connectivity index (χ1n) is 11.1. The summed E-state index contributed by atoms with van der Waals surface area (Å²) < 4.78 is 15.1. The number of phenols is 1. The number of ketones is 2. The maximum atomic E-state index is 15.1. The van der Waals surface area contributed by atoms with Crippen molar-refractivity contribution in [2.24, 2.45) is 11.8 Å². The zero-order valence-electron chi connectivity index (χ0n) is 19.1. The van der Waals surface area contributed by atoms with Crippen LogP contribution in [0.25, 0.3) is 5.76 Å². The Hall–Kier alpha value is -3.24. The van der Waals surface area contributed by atoms with Gasteiger partial charge < -0.3 is 25.7 Å². The fraction of sp³-hybridized carbons (Fsp3) is 0.458. The smallest absolute Gasteiger partial charge is 0.238 e. The van der Waals surface area contributed by atoms with Crippen molar-refractivity contribution in [1.82, 2.24) is 4.90 Å². The molecule has 3 aliphatic carbocycles. The van der Waals surface area contributed by atoms with Gasteiger partial charge >= 0.3 is 0 Å². The Morgan fingerprint density at radius 2 is 1.94 bits per heavy atom. The van der Waals surface area contributed by atoms with E-state index in [2.05, 4.69) is 5.32 Å². The first-order chi connectivity index (χ1) is 15.9. The van der Waals surface area contributed by atoms with Crippen LogP contribution in [0.15, 0.2) is 23.0 Å². The van der Waals surface area contributed by atoms with Gasteiger partial charge in [0.15, 0.2) is 17.1 Å². The Morgan fingerprint density at radius 3 is 2.59 bits per heavy atom. The van der Waals surface area contributed by atoms with Crippen LogP contribution in [-0.2, 0) is 20.8 Å². The maximum Gasteiger partial charge on any atom is 0.238 e. The third kappa shape index (κ3) is 3.40. The summed E-state index contributed by atoms with van der Waals surface area (Å²) in [6.07, 6.45) is -0.191. The summed E-state index contributed by atoms with van der Waals surface area (Å²) in [5.74, 6) is -6.41. The van der Waals surface area contributed by atoms with E-state index >= 15 is 4.39 Å². The van der Waals surface area contributed by atoms with Crippen molar-refractivity contribution in [1.29, 1.82) is 0 Å². The van der Waals surface area contributed by atoms with Crippen LogP contribution < -0.4 is 5.32 Å². The number of Topliss-reactive ketones (excluding diaryl/α,β-unsaturated/α-hetero) is 2. The van der Waals surface area contributed by atoms with Crippen LogP contribution in [0.1, 0.15) is 37.8 Å². The molecule has 4 rings (SSSR count). The molecule has 0 saturated heterocycles. The van der Waals surface area contributed by atoms with Crippen molar-refractivity contribution in [2.75, 3.05) is 25.5 Å². The van der Waals surface area contributed by atoms with Gasteiger partial charge in [0.25, 0.3) is 0 Å². The lowest BCUT2D eigenvalue weighted by molar-refractivity contribution is -0.147. The Labute approximate surface area is 195 Å². The standard InChI is InChI=1S/C24H27FN2O7/c1-4-27(3)9-17(29)26-15-8-14(25)13-6-11-5-12-7-16(28)10(2)22(32)24(12,34)23(33)18(11)21(31)19(13)20(15)30/h8,11-12,30-32,34H,4-7,9H2,1-3H3,(H,26,29)/t11?,12-,24+/m0/s1.